The average molecular weight is 540 g/mol. The maximum absolute atomic E-state index is 11.8. The number of rotatable bonds is 5. The van der Waals surface area contributed by atoms with Crippen molar-refractivity contribution in [3.05, 3.63) is 46.7 Å². The number of likely N-dealkylation sites (N-methyl/N-ethyl adjacent to an activating group) is 1. The fraction of sp³-hybridized carbons (Fsp3) is 0.333. The highest BCUT2D eigenvalue weighted by atomic mass is 35.5. The Bertz CT molecular complexity index is 1150. The first kappa shape index (κ1) is 26.8. The number of pyridine rings is 2. The van der Waals surface area contributed by atoms with Crippen molar-refractivity contribution in [2.45, 2.75) is 26.3 Å². The molecule has 36 heavy (non-hydrogen) atoms. The smallest absolute Gasteiger partial charge is 0.428 e. The quantitative estimate of drug-likeness (QED) is 0.541. The van der Waals surface area contributed by atoms with Gasteiger partial charge in [0.05, 0.1) is 23.1 Å². The van der Waals surface area contributed by atoms with E-state index in [4.69, 9.17) is 33.0 Å². The number of anilines is 2. The van der Waals surface area contributed by atoms with Gasteiger partial charge in [0.25, 0.3) is 5.91 Å². The molecule has 2 N–H and O–H groups in total. The zero-order valence-corrected chi connectivity index (χ0v) is 20.8. The van der Waals surface area contributed by atoms with Crippen molar-refractivity contribution in [1.29, 1.82) is 0 Å². The number of ether oxygens (including phenoxy) is 1. The maximum atomic E-state index is 11.8. The van der Waals surface area contributed by atoms with E-state index in [0.717, 1.165) is 5.01 Å². The molecule has 0 radical (unpaired) electrons. The summed E-state index contributed by atoms with van der Waals surface area (Å²) in [6.07, 6.45) is 1.82. The van der Waals surface area contributed by atoms with Gasteiger partial charge < -0.3 is 9.84 Å². The lowest BCUT2D eigenvalue weighted by Crippen LogP contribution is -2.48. The molecule has 2 fully saturated rings. The number of hydrazine groups is 3. The van der Waals surface area contributed by atoms with Gasteiger partial charge in [-0.15, -0.1) is 0 Å². The standard InChI is InChI=1S/C11H12ClN3O3.C10H11ClN4O3/c1-2-18-11(17)8-6-9(16)14-15(8)10-7(12)4-3-5-13-10;1-2-13-8(16)6-14(10(17)18)15(13)9-7(11)4-3-5-12-9/h3-5,8H,2,6H2,1H3,(H,14,16);3-5H,2,6H2,1H3,(H,17,18). The van der Waals surface area contributed by atoms with Crippen LogP contribution in [-0.4, -0.2) is 74.7 Å². The minimum Gasteiger partial charge on any atom is -0.464 e. The fourth-order valence-electron chi connectivity index (χ4n) is 3.43. The Morgan fingerprint density at radius 3 is 2.25 bits per heavy atom. The number of carbonyl (C=O) groups is 4. The number of halogens is 2. The van der Waals surface area contributed by atoms with E-state index >= 15 is 0 Å². The molecule has 1 atom stereocenters. The van der Waals surface area contributed by atoms with Crippen LogP contribution in [0, 0.1) is 0 Å². The average Bonchev–Trinajstić information content (AvgIpc) is 3.40. The van der Waals surface area contributed by atoms with Crippen molar-refractivity contribution >= 4 is 58.7 Å². The molecular weight excluding hydrogens is 517 g/mol. The lowest BCUT2D eigenvalue weighted by Gasteiger charge is -2.31. The first-order valence-corrected chi connectivity index (χ1v) is 11.5. The van der Waals surface area contributed by atoms with Crippen molar-refractivity contribution in [2.75, 3.05) is 29.8 Å². The van der Waals surface area contributed by atoms with E-state index < -0.39 is 18.1 Å². The Kier molecular flexibility index (Phi) is 8.72. The van der Waals surface area contributed by atoms with Crippen molar-refractivity contribution in [3.8, 4) is 0 Å². The van der Waals surface area contributed by atoms with Crippen LogP contribution in [0.15, 0.2) is 36.7 Å². The van der Waals surface area contributed by atoms with Crippen LogP contribution in [0.5, 0.6) is 0 Å². The lowest BCUT2D eigenvalue weighted by molar-refractivity contribution is -0.145. The predicted molar refractivity (Wildman–Crippen MR) is 129 cm³/mol. The third kappa shape index (κ3) is 5.69. The van der Waals surface area contributed by atoms with Crippen molar-refractivity contribution < 1.29 is 29.0 Å². The van der Waals surface area contributed by atoms with Gasteiger partial charge in [-0.1, -0.05) is 23.2 Å². The molecule has 4 heterocycles. The van der Waals surface area contributed by atoms with Gasteiger partial charge >= 0.3 is 12.1 Å². The van der Waals surface area contributed by atoms with Crippen LogP contribution in [0.3, 0.4) is 0 Å². The first-order valence-electron chi connectivity index (χ1n) is 10.8. The molecule has 0 bridgehead atoms. The number of hydrogen-bond acceptors (Lipinski definition) is 9. The monoisotopic (exact) mass is 539 g/mol. The Labute approximate surface area is 216 Å². The van der Waals surface area contributed by atoms with E-state index in [1.807, 2.05) is 0 Å². The van der Waals surface area contributed by atoms with Crippen LogP contribution in [0.4, 0.5) is 16.4 Å². The topological polar surface area (TPSA) is 149 Å². The summed E-state index contributed by atoms with van der Waals surface area (Å²) >= 11 is 12.0. The predicted octanol–water partition coefficient (Wildman–Crippen LogP) is 2.12. The van der Waals surface area contributed by atoms with E-state index in [9.17, 15) is 19.2 Å². The minimum atomic E-state index is -1.24. The van der Waals surface area contributed by atoms with Gasteiger partial charge in [-0.25, -0.2) is 24.6 Å². The molecule has 2 aliphatic rings. The van der Waals surface area contributed by atoms with Crippen molar-refractivity contribution in [2.24, 2.45) is 0 Å². The van der Waals surface area contributed by atoms with Crippen LogP contribution in [-0.2, 0) is 19.1 Å². The Hall–Kier alpha value is -3.84. The molecule has 13 nitrogen and oxygen atoms in total. The zero-order chi connectivity index (χ0) is 26.4. The summed E-state index contributed by atoms with van der Waals surface area (Å²) in [5.74, 6) is -0.508. The summed E-state index contributed by atoms with van der Waals surface area (Å²) in [7, 11) is 0. The Morgan fingerprint density at radius 1 is 1.11 bits per heavy atom. The number of carboxylic acid groups (broad SMARTS) is 1. The van der Waals surface area contributed by atoms with Gasteiger partial charge in [-0.2, -0.15) is 10.1 Å². The second-order valence-corrected chi connectivity index (χ2v) is 8.05. The van der Waals surface area contributed by atoms with E-state index in [0.29, 0.717) is 17.4 Å². The fourth-order valence-corrected chi connectivity index (χ4v) is 3.84. The molecule has 0 aromatic carbocycles. The molecule has 0 saturated carbocycles. The van der Waals surface area contributed by atoms with Gasteiger partial charge in [0, 0.05) is 18.9 Å². The molecular formula is C21H23Cl2N7O6. The van der Waals surface area contributed by atoms with Gasteiger partial charge in [0.1, 0.15) is 6.54 Å². The largest absolute Gasteiger partial charge is 0.464 e. The van der Waals surface area contributed by atoms with Crippen LogP contribution in [0.2, 0.25) is 10.0 Å². The van der Waals surface area contributed by atoms with Gasteiger partial charge in [0.2, 0.25) is 5.91 Å². The Balaban J connectivity index is 0.000000201. The molecule has 2 aliphatic heterocycles. The molecule has 2 aromatic rings. The second-order valence-electron chi connectivity index (χ2n) is 7.23. The number of esters is 1. The molecule has 2 aromatic heterocycles. The number of nitrogens with zero attached hydrogens (tertiary/aromatic N) is 6. The summed E-state index contributed by atoms with van der Waals surface area (Å²) in [6, 6.07) is 5.79. The lowest BCUT2D eigenvalue weighted by atomic mass is 10.2. The minimum absolute atomic E-state index is 0.0335. The van der Waals surface area contributed by atoms with Gasteiger partial charge in [-0.3, -0.25) is 20.0 Å². The van der Waals surface area contributed by atoms with Crippen LogP contribution in [0.1, 0.15) is 20.3 Å². The summed E-state index contributed by atoms with van der Waals surface area (Å²) < 4.78 is 4.92. The molecule has 4 rings (SSSR count). The van der Waals surface area contributed by atoms with Crippen molar-refractivity contribution in [1.82, 2.24) is 25.4 Å². The highest BCUT2D eigenvalue weighted by Crippen LogP contribution is 2.29. The number of amides is 3. The zero-order valence-electron chi connectivity index (χ0n) is 19.3. The first-order chi connectivity index (χ1) is 17.2. The second kappa shape index (κ2) is 11.7. The van der Waals surface area contributed by atoms with E-state index in [2.05, 4.69) is 15.4 Å². The molecule has 15 heteroatoms. The summed E-state index contributed by atoms with van der Waals surface area (Å²) in [6.45, 7) is 3.80. The molecule has 3 amide bonds. The number of aromatic nitrogens is 2. The van der Waals surface area contributed by atoms with Crippen LogP contribution in [0.25, 0.3) is 0 Å². The third-order valence-corrected chi connectivity index (χ3v) is 5.53. The van der Waals surface area contributed by atoms with Gasteiger partial charge in [0.15, 0.2) is 17.7 Å². The third-order valence-electron chi connectivity index (χ3n) is 4.94. The number of carbonyl (C=O) groups excluding carboxylic acids is 3. The molecule has 0 aliphatic carbocycles. The molecule has 192 valence electrons. The Morgan fingerprint density at radius 2 is 1.72 bits per heavy atom. The number of hydrogen-bond donors (Lipinski definition) is 2. The highest BCUT2D eigenvalue weighted by molar-refractivity contribution is 6.33. The maximum Gasteiger partial charge on any atom is 0.428 e. The van der Waals surface area contributed by atoms with Crippen LogP contribution < -0.4 is 15.6 Å². The molecule has 1 unspecified atom stereocenters. The SMILES string of the molecule is CCN1C(=O)CN(C(=O)O)N1c1ncccc1Cl.CCOC(=O)C1CC(=O)NN1c1ncccc1Cl. The van der Waals surface area contributed by atoms with Crippen molar-refractivity contribution in [3.63, 3.8) is 0 Å². The van der Waals surface area contributed by atoms with E-state index in [1.165, 1.54) is 27.5 Å². The summed E-state index contributed by atoms with van der Waals surface area (Å²) in [5, 5.41) is 14.4. The summed E-state index contributed by atoms with van der Waals surface area (Å²) in [4.78, 5) is 54.1. The highest BCUT2D eigenvalue weighted by Gasteiger charge is 2.40. The van der Waals surface area contributed by atoms with E-state index in [1.54, 1.807) is 38.1 Å². The number of nitrogens with one attached hydrogen (secondary N) is 1. The van der Waals surface area contributed by atoms with Crippen LogP contribution >= 0.6 is 23.2 Å². The molecule has 0 spiro atoms. The summed E-state index contributed by atoms with van der Waals surface area (Å²) in [5.41, 5.74) is 2.55. The normalized spacial score (nSPS) is 17.1. The van der Waals surface area contributed by atoms with Gasteiger partial charge in [-0.05, 0) is 38.1 Å². The van der Waals surface area contributed by atoms with E-state index in [-0.39, 0.29) is 42.2 Å². The molecule has 2 saturated heterocycles.